The first kappa shape index (κ1) is 14.2. The van der Waals surface area contributed by atoms with Crippen LogP contribution in [0, 0.1) is 5.82 Å². The normalized spacial score (nSPS) is 13.8. The van der Waals surface area contributed by atoms with Crippen molar-refractivity contribution in [3.63, 3.8) is 0 Å². The van der Waals surface area contributed by atoms with Crippen LogP contribution in [0.15, 0.2) is 24.3 Å². The number of aliphatic carboxylic acids is 1. The molecule has 98 valence electrons. The molecular weight excluding hydrogens is 237 g/mol. The summed E-state index contributed by atoms with van der Waals surface area (Å²) < 4.78 is 13.8. The van der Waals surface area contributed by atoms with Gasteiger partial charge in [-0.25, -0.2) is 9.18 Å². The van der Waals surface area contributed by atoms with Crippen molar-refractivity contribution in [1.29, 1.82) is 0 Å². The quantitative estimate of drug-likeness (QED) is 0.892. The molecule has 0 aliphatic carbocycles. The van der Waals surface area contributed by atoms with Gasteiger partial charge in [-0.3, -0.25) is 4.79 Å². The molecule has 1 aromatic carbocycles. The molecule has 0 radical (unpaired) electrons. The van der Waals surface area contributed by atoms with Crippen molar-refractivity contribution >= 4 is 11.9 Å². The molecule has 1 atom stereocenters. The summed E-state index contributed by atoms with van der Waals surface area (Å²) in [7, 11) is 0. The molecule has 18 heavy (non-hydrogen) atoms. The second-order valence-electron chi connectivity index (χ2n) is 4.12. The fraction of sp³-hybridized carbons (Fsp3) is 0.385. The van der Waals surface area contributed by atoms with Gasteiger partial charge in [0.25, 0.3) is 0 Å². The van der Waals surface area contributed by atoms with E-state index in [0.717, 1.165) is 4.90 Å². The van der Waals surface area contributed by atoms with Gasteiger partial charge in [0.05, 0.1) is 0 Å². The standard InChI is InChI=1S/C13H16FNO3/c1-4-15(9(2)16)13(3,12(17)18)10-7-5-6-8-11(10)14/h5-8H,4H2,1-3H3,(H,17,18). The Kier molecular flexibility index (Phi) is 4.06. The number of nitrogens with zero attached hydrogens (tertiary/aromatic N) is 1. The van der Waals surface area contributed by atoms with Gasteiger partial charge in [-0.2, -0.15) is 0 Å². The highest BCUT2D eigenvalue weighted by molar-refractivity contribution is 5.87. The molecule has 5 heteroatoms. The van der Waals surface area contributed by atoms with E-state index in [0.29, 0.717) is 0 Å². The second-order valence-corrected chi connectivity index (χ2v) is 4.12. The summed E-state index contributed by atoms with van der Waals surface area (Å²) in [6, 6.07) is 5.60. The highest BCUT2D eigenvalue weighted by atomic mass is 19.1. The van der Waals surface area contributed by atoms with Gasteiger partial charge in [0.15, 0.2) is 5.54 Å². The molecule has 1 unspecified atom stereocenters. The van der Waals surface area contributed by atoms with Crippen LogP contribution in [0.1, 0.15) is 26.3 Å². The first-order valence-electron chi connectivity index (χ1n) is 5.62. The minimum absolute atomic E-state index is 0.0189. The first-order valence-corrected chi connectivity index (χ1v) is 5.62. The highest BCUT2D eigenvalue weighted by Gasteiger charge is 2.43. The Morgan fingerprint density at radius 1 is 1.39 bits per heavy atom. The van der Waals surface area contributed by atoms with Crippen LogP contribution in [0.3, 0.4) is 0 Å². The predicted octanol–water partition coefficient (Wildman–Crippen LogP) is 1.99. The van der Waals surface area contributed by atoms with Gasteiger partial charge in [0.2, 0.25) is 5.91 Å². The average Bonchev–Trinajstić information content (AvgIpc) is 2.29. The summed E-state index contributed by atoms with van der Waals surface area (Å²) in [5.41, 5.74) is -1.72. The maximum atomic E-state index is 13.8. The van der Waals surface area contributed by atoms with Gasteiger partial charge in [-0.05, 0) is 19.9 Å². The molecule has 1 rings (SSSR count). The van der Waals surface area contributed by atoms with Crippen LogP contribution in [-0.4, -0.2) is 28.4 Å². The molecule has 0 spiro atoms. The number of carbonyl (C=O) groups is 2. The van der Waals surface area contributed by atoms with E-state index in [-0.39, 0.29) is 12.1 Å². The molecule has 0 bridgehead atoms. The van der Waals surface area contributed by atoms with Crippen LogP contribution in [0.2, 0.25) is 0 Å². The molecule has 0 saturated carbocycles. The molecule has 0 aliphatic rings. The SMILES string of the molecule is CCN(C(C)=O)C(C)(C(=O)O)c1ccccc1F. The summed E-state index contributed by atoms with van der Waals surface area (Å²) in [5, 5.41) is 9.40. The number of halogens is 1. The predicted molar refractivity (Wildman–Crippen MR) is 64.4 cm³/mol. The van der Waals surface area contributed by atoms with Crippen molar-refractivity contribution in [1.82, 2.24) is 4.90 Å². The third-order valence-electron chi connectivity index (χ3n) is 3.05. The Morgan fingerprint density at radius 3 is 2.33 bits per heavy atom. The number of carboxylic acid groups (broad SMARTS) is 1. The van der Waals surface area contributed by atoms with Crippen molar-refractivity contribution in [3.8, 4) is 0 Å². The average molecular weight is 253 g/mol. The lowest BCUT2D eigenvalue weighted by atomic mass is 9.89. The van der Waals surface area contributed by atoms with Crippen molar-refractivity contribution in [2.45, 2.75) is 26.3 Å². The monoisotopic (exact) mass is 253 g/mol. The highest BCUT2D eigenvalue weighted by Crippen LogP contribution is 2.30. The lowest BCUT2D eigenvalue weighted by Crippen LogP contribution is -2.52. The van der Waals surface area contributed by atoms with Crippen molar-refractivity contribution < 1.29 is 19.1 Å². The Labute approximate surface area is 105 Å². The number of likely N-dealkylation sites (N-methyl/N-ethyl adjacent to an activating group) is 1. The summed E-state index contributed by atoms with van der Waals surface area (Å²) in [4.78, 5) is 24.2. The van der Waals surface area contributed by atoms with E-state index in [4.69, 9.17) is 0 Å². The van der Waals surface area contributed by atoms with Gasteiger partial charge >= 0.3 is 5.97 Å². The fourth-order valence-electron chi connectivity index (χ4n) is 2.09. The molecule has 0 aliphatic heterocycles. The zero-order valence-corrected chi connectivity index (χ0v) is 10.6. The Bertz CT molecular complexity index is 475. The number of hydrogen-bond acceptors (Lipinski definition) is 2. The number of carboxylic acids is 1. The minimum Gasteiger partial charge on any atom is -0.479 e. The molecule has 0 saturated heterocycles. The maximum Gasteiger partial charge on any atom is 0.334 e. The van der Waals surface area contributed by atoms with Crippen molar-refractivity contribution in [2.24, 2.45) is 0 Å². The Balaban J connectivity index is 3.45. The lowest BCUT2D eigenvalue weighted by Gasteiger charge is -2.37. The summed E-state index contributed by atoms with van der Waals surface area (Å²) >= 11 is 0. The van der Waals surface area contributed by atoms with Gasteiger partial charge in [-0.1, -0.05) is 18.2 Å². The van der Waals surface area contributed by atoms with E-state index >= 15 is 0 Å². The van der Waals surface area contributed by atoms with E-state index in [9.17, 15) is 19.1 Å². The summed E-state index contributed by atoms with van der Waals surface area (Å²) in [5.74, 6) is -2.31. The van der Waals surface area contributed by atoms with E-state index in [2.05, 4.69) is 0 Å². The second kappa shape index (κ2) is 5.16. The number of rotatable bonds is 4. The molecular formula is C13H16FNO3. The Morgan fingerprint density at radius 2 is 1.94 bits per heavy atom. The number of amides is 1. The van der Waals surface area contributed by atoms with Crippen molar-refractivity contribution in [3.05, 3.63) is 35.6 Å². The molecule has 1 aromatic rings. The minimum atomic E-state index is -1.70. The molecule has 1 N–H and O–H groups in total. The first-order chi connectivity index (χ1) is 8.35. The van der Waals surface area contributed by atoms with Gasteiger partial charge < -0.3 is 10.0 Å². The van der Waals surface area contributed by atoms with Gasteiger partial charge in [0, 0.05) is 19.0 Å². The fourth-order valence-corrected chi connectivity index (χ4v) is 2.09. The van der Waals surface area contributed by atoms with Crippen LogP contribution in [0.25, 0.3) is 0 Å². The zero-order valence-electron chi connectivity index (χ0n) is 10.6. The third-order valence-corrected chi connectivity index (χ3v) is 3.05. The van der Waals surface area contributed by atoms with Gasteiger partial charge in [-0.15, -0.1) is 0 Å². The third kappa shape index (κ3) is 2.20. The van der Waals surface area contributed by atoms with E-state index in [1.807, 2.05) is 0 Å². The molecule has 0 aromatic heterocycles. The molecule has 0 heterocycles. The summed E-state index contributed by atoms with van der Waals surface area (Å²) in [6.45, 7) is 4.44. The summed E-state index contributed by atoms with van der Waals surface area (Å²) in [6.07, 6.45) is 0. The van der Waals surface area contributed by atoms with E-state index in [1.54, 1.807) is 13.0 Å². The number of benzene rings is 1. The molecule has 0 fully saturated rings. The van der Waals surface area contributed by atoms with Crippen LogP contribution < -0.4 is 0 Å². The number of hydrogen-bond donors (Lipinski definition) is 1. The lowest BCUT2D eigenvalue weighted by molar-refractivity contribution is -0.158. The van der Waals surface area contributed by atoms with Crippen molar-refractivity contribution in [2.75, 3.05) is 6.54 Å². The van der Waals surface area contributed by atoms with Crippen LogP contribution in [0.5, 0.6) is 0 Å². The van der Waals surface area contributed by atoms with Crippen LogP contribution in [0.4, 0.5) is 4.39 Å². The van der Waals surface area contributed by atoms with Crippen LogP contribution >= 0.6 is 0 Å². The van der Waals surface area contributed by atoms with Gasteiger partial charge in [0.1, 0.15) is 5.82 Å². The largest absolute Gasteiger partial charge is 0.479 e. The van der Waals surface area contributed by atoms with E-state index in [1.165, 1.54) is 32.0 Å². The Hall–Kier alpha value is -1.91. The zero-order chi connectivity index (χ0) is 13.9. The maximum absolute atomic E-state index is 13.8. The number of carbonyl (C=O) groups excluding carboxylic acids is 1. The van der Waals surface area contributed by atoms with Crippen LogP contribution in [-0.2, 0) is 15.1 Å². The molecule has 1 amide bonds. The smallest absolute Gasteiger partial charge is 0.334 e. The topological polar surface area (TPSA) is 57.6 Å². The molecule has 4 nitrogen and oxygen atoms in total. The van der Waals surface area contributed by atoms with E-state index < -0.39 is 23.2 Å².